The van der Waals surface area contributed by atoms with Crippen LogP contribution in [0, 0.1) is 0 Å². The number of benzene rings is 5. The number of imidazole rings is 1. The summed E-state index contributed by atoms with van der Waals surface area (Å²) in [6, 6.07) is 42.0. The number of hydrogen-bond acceptors (Lipinski definition) is 2. The minimum Gasteiger partial charge on any atom is -0.333 e. The molecule has 37 heavy (non-hydrogen) atoms. The number of aromatic nitrogens is 3. The lowest BCUT2D eigenvalue weighted by Gasteiger charge is -2.10. The molecule has 0 amide bonds. The van der Waals surface area contributed by atoms with Gasteiger partial charge in [-0.25, -0.2) is 4.98 Å². The number of aldehydes is 1. The molecule has 2 aromatic heterocycles. The third kappa shape index (κ3) is 3.46. The van der Waals surface area contributed by atoms with Gasteiger partial charge in [-0.05, 0) is 53.6 Å². The Balaban J connectivity index is 1.34. The molecule has 0 atom stereocenters. The smallest absolute Gasteiger partial charge is 0.145 e. The fourth-order valence-electron chi connectivity index (χ4n) is 5.37. The summed E-state index contributed by atoms with van der Waals surface area (Å²) in [6.45, 7) is 0.348. The average molecular weight is 478 g/mol. The van der Waals surface area contributed by atoms with E-state index in [0.717, 1.165) is 67.3 Å². The van der Waals surface area contributed by atoms with E-state index in [1.54, 1.807) is 0 Å². The molecule has 5 aromatic carbocycles. The van der Waals surface area contributed by atoms with Gasteiger partial charge in [0.2, 0.25) is 0 Å². The number of nitrogens with zero attached hydrogens (tertiary/aromatic N) is 3. The van der Waals surface area contributed by atoms with Gasteiger partial charge in [-0.2, -0.15) is 0 Å². The van der Waals surface area contributed by atoms with Crippen molar-refractivity contribution in [3.63, 3.8) is 0 Å². The summed E-state index contributed by atoms with van der Waals surface area (Å²) >= 11 is 0. The zero-order valence-corrected chi connectivity index (χ0v) is 20.1. The molecule has 4 nitrogen and oxygen atoms in total. The molecule has 0 N–H and O–H groups in total. The lowest BCUT2D eigenvalue weighted by molar-refractivity contribution is -0.108. The Labute approximate surface area is 214 Å². The molecule has 7 aromatic rings. The Morgan fingerprint density at radius 2 is 1.24 bits per heavy atom. The summed E-state index contributed by atoms with van der Waals surface area (Å²) in [4.78, 5) is 16.3. The molecule has 0 aliphatic rings. The zero-order valence-electron chi connectivity index (χ0n) is 20.1. The molecule has 0 fully saturated rings. The first-order valence-electron chi connectivity index (χ1n) is 12.4. The minimum absolute atomic E-state index is 0.348. The molecule has 0 spiro atoms. The second kappa shape index (κ2) is 8.61. The second-order valence-corrected chi connectivity index (χ2v) is 9.20. The summed E-state index contributed by atoms with van der Waals surface area (Å²) in [6.07, 6.45) is 0.960. The predicted octanol–water partition coefficient (Wildman–Crippen LogP) is 7.67. The van der Waals surface area contributed by atoms with Crippen molar-refractivity contribution in [3.8, 4) is 28.2 Å². The van der Waals surface area contributed by atoms with Crippen molar-refractivity contribution in [1.82, 2.24) is 14.1 Å². The van der Waals surface area contributed by atoms with Crippen LogP contribution in [0.2, 0.25) is 0 Å². The SMILES string of the molecule is O=CCn1c2ccccc2c2cc(-c3ccc(-c4nc5ccccc5n4-c4ccccc4)cc3)ccc21. The van der Waals surface area contributed by atoms with E-state index in [9.17, 15) is 4.79 Å². The van der Waals surface area contributed by atoms with E-state index < -0.39 is 0 Å². The number of carbonyl (C=O) groups is 1. The molecular formula is C33H23N3O. The first-order chi connectivity index (χ1) is 18.3. The predicted molar refractivity (Wildman–Crippen MR) is 151 cm³/mol. The van der Waals surface area contributed by atoms with Crippen LogP contribution in [0.4, 0.5) is 0 Å². The van der Waals surface area contributed by atoms with E-state index in [-0.39, 0.29) is 0 Å². The van der Waals surface area contributed by atoms with Crippen molar-refractivity contribution in [2.45, 2.75) is 6.54 Å². The molecule has 0 radical (unpaired) electrons. The molecule has 0 saturated carbocycles. The standard InChI is InChI=1S/C33H23N3O/c37-21-20-35-30-12-6-4-10-27(30)28-22-25(18-19-31(28)35)23-14-16-24(17-15-23)33-34-29-11-5-7-13-32(29)36(33)26-8-2-1-3-9-26/h1-19,21-22H,20H2. The molecule has 2 heterocycles. The number of carbonyl (C=O) groups excluding carboxylic acids is 1. The number of para-hydroxylation sites is 4. The molecule has 0 saturated heterocycles. The van der Waals surface area contributed by atoms with Gasteiger partial charge in [-0.15, -0.1) is 0 Å². The molecule has 176 valence electrons. The summed E-state index contributed by atoms with van der Waals surface area (Å²) in [5, 5.41) is 2.32. The highest BCUT2D eigenvalue weighted by molar-refractivity contribution is 6.09. The summed E-state index contributed by atoms with van der Waals surface area (Å²) in [5.74, 6) is 0.923. The van der Waals surface area contributed by atoms with Crippen molar-refractivity contribution in [2.75, 3.05) is 0 Å². The summed E-state index contributed by atoms with van der Waals surface area (Å²) in [5.41, 5.74) is 8.65. The Hall–Kier alpha value is -4.96. The van der Waals surface area contributed by atoms with Gasteiger partial charge in [-0.3, -0.25) is 4.57 Å². The van der Waals surface area contributed by atoms with Crippen molar-refractivity contribution < 1.29 is 4.79 Å². The largest absolute Gasteiger partial charge is 0.333 e. The number of rotatable bonds is 5. The van der Waals surface area contributed by atoms with Gasteiger partial charge >= 0.3 is 0 Å². The fraction of sp³-hybridized carbons (Fsp3) is 0.0303. The maximum absolute atomic E-state index is 11.3. The van der Waals surface area contributed by atoms with Gasteiger partial charge in [0.1, 0.15) is 12.1 Å². The van der Waals surface area contributed by atoms with Crippen LogP contribution in [-0.2, 0) is 11.3 Å². The highest BCUT2D eigenvalue weighted by Crippen LogP contribution is 2.34. The van der Waals surface area contributed by atoms with E-state index in [4.69, 9.17) is 4.98 Å². The zero-order chi connectivity index (χ0) is 24.8. The van der Waals surface area contributed by atoms with Crippen LogP contribution in [0.15, 0.2) is 121 Å². The van der Waals surface area contributed by atoms with Crippen molar-refractivity contribution in [3.05, 3.63) is 121 Å². The normalized spacial score (nSPS) is 11.5. The van der Waals surface area contributed by atoms with Crippen LogP contribution in [0.25, 0.3) is 61.0 Å². The average Bonchev–Trinajstić information content (AvgIpc) is 3.50. The van der Waals surface area contributed by atoms with Gasteiger partial charge < -0.3 is 9.36 Å². The van der Waals surface area contributed by atoms with Gasteiger partial charge in [0.25, 0.3) is 0 Å². The van der Waals surface area contributed by atoms with E-state index >= 15 is 0 Å². The molecule has 0 aliphatic heterocycles. The van der Waals surface area contributed by atoms with Gasteiger partial charge in [-0.1, -0.05) is 78.9 Å². The molecule has 7 rings (SSSR count). The van der Waals surface area contributed by atoms with Gasteiger partial charge in [0.15, 0.2) is 0 Å². The third-order valence-corrected chi connectivity index (χ3v) is 7.08. The highest BCUT2D eigenvalue weighted by atomic mass is 16.1. The lowest BCUT2D eigenvalue weighted by atomic mass is 10.0. The first-order valence-corrected chi connectivity index (χ1v) is 12.4. The monoisotopic (exact) mass is 477 g/mol. The van der Waals surface area contributed by atoms with E-state index in [1.807, 2.05) is 24.3 Å². The van der Waals surface area contributed by atoms with Crippen LogP contribution in [0.5, 0.6) is 0 Å². The molecule has 0 unspecified atom stereocenters. The molecule has 4 heteroatoms. The Morgan fingerprint density at radius 3 is 2.05 bits per heavy atom. The molecule has 0 aliphatic carbocycles. The van der Waals surface area contributed by atoms with Crippen LogP contribution < -0.4 is 0 Å². The number of hydrogen-bond donors (Lipinski definition) is 0. The van der Waals surface area contributed by atoms with E-state index in [0.29, 0.717) is 6.54 Å². The molecular weight excluding hydrogens is 454 g/mol. The topological polar surface area (TPSA) is 39.8 Å². The van der Waals surface area contributed by atoms with Crippen LogP contribution in [-0.4, -0.2) is 20.4 Å². The third-order valence-electron chi connectivity index (χ3n) is 7.08. The maximum Gasteiger partial charge on any atom is 0.145 e. The minimum atomic E-state index is 0.348. The lowest BCUT2D eigenvalue weighted by Crippen LogP contribution is -1.97. The highest BCUT2D eigenvalue weighted by Gasteiger charge is 2.15. The first kappa shape index (κ1) is 21.3. The van der Waals surface area contributed by atoms with Crippen LogP contribution in [0.1, 0.15) is 0 Å². The van der Waals surface area contributed by atoms with Crippen molar-refractivity contribution in [1.29, 1.82) is 0 Å². The van der Waals surface area contributed by atoms with Crippen molar-refractivity contribution in [2.24, 2.45) is 0 Å². The fourth-order valence-corrected chi connectivity index (χ4v) is 5.37. The molecule has 0 bridgehead atoms. The van der Waals surface area contributed by atoms with Gasteiger partial charge in [0.05, 0.1) is 17.6 Å². The Kier molecular flexibility index (Phi) is 4.96. The van der Waals surface area contributed by atoms with E-state index in [2.05, 4.69) is 106 Å². The van der Waals surface area contributed by atoms with Gasteiger partial charge in [0, 0.05) is 33.1 Å². The Morgan fingerprint density at radius 1 is 0.595 bits per heavy atom. The second-order valence-electron chi connectivity index (χ2n) is 9.20. The number of fused-ring (bicyclic) bond motifs is 4. The van der Waals surface area contributed by atoms with Crippen LogP contribution in [0.3, 0.4) is 0 Å². The summed E-state index contributed by atoms with van der Waals surface area (Å²) in [7, 11) is 0. The van der Waals surface area contributed by atoms with E-state index in [1.165, 1.54) is 0 Å². The quantitative estimate of drug-likeness (QED) is 0.239. The maximum atomic E-state index is 11.3. The van der Waals surface area contributed by atoms with Crippen molar-refractivity contribution >= 4 is 39.1 Å². The van der Waals surface area contributed by atoms with Crippen LogP contribution >= 0.6 is 0 Å². The summed E-state index contributed by atoms with van der Waals surface area (Å²) < 4.78 is 4.30. The Bertz CT molecular complexity index is 1910.